The quantitative estimate of drug-likeness (QED) is 0.653. The maximum Gasteiger partial charge on any atom is 0.340 e. The Morgan fingerprint density at radius 3 is 2.56 bits per heavy atom. The summed E-state index contributed by atoms with van der Waals surface area (Å²) >= 11 is 0. The van der Waals surface area contributed by atoms with Gasteiger partial charge in [0.1, 0.15) is 18.1 Å². The van der Waals surface area contributed by atoms with Crippen LogP contribution in [0, 0.1) is 0 Å². The van der Waals surface area contributed by atoms with Crippen LogP contribution in [0.1, 0.15) is 21.7 Å². The van der Waals surface area contributed by atoms with Crippen molar-refractivity contribution >= 4 is 11.7 Å². The van der Waals surface area contributed by atoms with Gasteiger partial charge in [-0.1, -0.05) is 24.3 Å². The van der Waals surface area contributed by atoms with Crippen LogP contribution in [0.2, 0.25) is 0 Å². The highest BCUT2D eigenvalue weighted by molar-refractivity contribution is 5.95. The molecule has 0 aliphatic carbocycles. The molecule has 0 fully saturated rings. The highest BCUT2D eigenvalue weighted by Crippen LogP contribution is 2.19. The van der Waals surface area contributed by atoms with Crippen molar-refractivity contribution in [2.24, 2.45) is 0 Å². The van der Waals surface area contributed by atoms with Crippen LogP contribution in [-0.2, 0) is 17.9 Å². The number of ether oxygens (including phenoxy) is 2. The van der Waals surface area contributed by atoms with Crippen molar-refractivity contribution in [1.29, 1.82) is 0 Å². The fourth-order valence-electron chi connectivity index (χ4n) is 2.36. The highest BCUT2D eigenvalue weighted by Gasteiger charge is 2.13. The number of para-hydroxylation sites is 1. The summed E-state index contributed by atoms with van der Waals surface area (Å²) in [5.41, 5.74) is 2.09. The highest BCUT2D eigenvalue weighted by atomic mass is 16.5. The largest absolute Gasteiger partial charge is 0.497 e. The van der Waals surface area contributed by atoms with Gasteiger partial charge in [-0.3, -0.25) is 0 Å². The molecule has 5 heteroatoms. The van der Waals surface area contributed by atoms with Crippen LogP contribution in [0.25, 0.3) is 0 Å². The smallest absolute Gasteiger partial charge is 0.340 e. The first kappa shape index (κ1) is 16.6. The second kappa shape index (κ2) is 8.06. The van der Waals surface area contributed by atoms with Gasteiger partial charge in [0.05, 0.1) is 25.5 Å². The Bertz CT molecular complexity index is 810. The molecule has 1 N–H and O–H groups in total. The molecule has 0 saturated heterocycles. The molecular formula is C20H19NO4. The summed E-state index contributed by atoms with van der Waals surface area (Å²) < 4.78 is 15.8. The van der Waals surface area contributed by atoms with Gasteiger partial charge in [0.15, 0.2) is 0 Å². The third kappa shape index (κ3) is 4.41. The second-order valence-corrected chi connectivity index (χ2v) is 5.40. The monoisotopic (exact) mass is 337 g/mol. The Kier molecular flexibility index (Phi) is 5.36. The van der Waals surface area contributed by atoms with E-state index in [4.69, 9.17) is 13.9 Å². The molecule has 128 valence electrons. The second-order valence-electron chi connectivity index (χ2n) is 5.40. The maximum absolute atomic E-state index is 12.4. The number of benzene rings is 2. The van der Waals surface area contributed by atoms with Crippen LogP contribution in [0.3, 0.4) is 0 Å². The molecule has 3 rings (SSSR count). The van der Waals surface area contributed by atoms with E-state index in [9.17, 15) is 4.79 Å². The van der Waals surface area contributed by atoms with Crippen molar-refractivity contribution < 1.29 is 18.7 Å². The van der Waals surface area contributed by atoms with Crippen molar-refractivity contribution in [3.8, 4) is 5.75 Å². The summed E-state index contributed by atoms with van der Waals surface area (Å²) in [7, 11) is 1.61. The summed E-state index contributed by atoms with van der Waals surface area (Å²) in [6.07, 6.45) is 1.62. The van der Waals surface area contributed by atoms with Gasteiger partial charge >= 0.3 is 5.97 Å². The molecule has 5 nitrogen and oxygen atoms in total. The van der Waals surface area contributed by atoms with Gasteiger partial charge in [-0.05, 0) is 42.0 Å². The number of carbonyl (C=O) groups excluding carboxylic acids is 1. The van der Waals surface area contributed by atoms with E-state index in [1.807, 2.05) is 54.6 Å². The van der Waals surface area contributed by atoms with Crippen LogP contribution >= 0.6 is 0 Å². The number of carbonyl (C=O) groups is 1. The number of hydrogen-bond donors (Lipinski definition) is 1. The normalized spacial score (nSPS) is 10.3. The zero-order valence-electron chi connectivity index (χ0n) is 13.9. The van der Waals surface area contributed by atoms with Crippen LogP contribution in [0.5, 0.6) is 5.75 Å². The zero-order valence-corrected chi connectivity index (χ0v) is 13.9. The average molecular weight is 337 g/mol. The molecule has 0 amide bonds. The number of methoxy groups -OCH3 is 1. The van der Waals surface area contributed by atoms with Crippen molar-refractivity contribution in [2.75, 3.05) is 12.4 Å². The summed E-state index contributed by atoms with van der Waals surface area (Å²) in [6, 6.07) is 18.4. The zero-order chi connectivity index (χ0) is 17.5. The van der Waals surface area contributed by atoms with E-state index in [1.165, 1.54) is 0 Å². The first-order chi connectivity index (χ1) is 12.3. The van der Waals surface area contributed by atoms with Crippen molar-refractivity contribution in [2.45, 2.75) is 13.2 Å². The molecule has 0 aliphatic rings. The molecule has 2 aromatic carbocycles. The molecule has 1 aromatic heterocycles. The van der Waals surface area contributed by atoms with E-state index in [1.54, 1.807) is 19.4 Å². The lowest BCUT2D eigenvalue weighted by molar-refractivity contribution is 0.0474. The molecule has 1 heterocycles. The van der Waals surface area contributed by atoms with Gasteiger partial charge in [0.2, 0.25) is 0 Å². The van der Waals surface area contributed by atoms with E-state index in [2.05, 4.69) is 5.32 Å². The third-order valence-corrected chi connectivity index (χ3v) is 3.71. The molecule has 0 radical (unpaired) electrons. The van der Waals surface area contributed by atoms with Gasteiger partial charge in [0, 0.05) is 5.69 Å². The Labute approximate surface area is 146 Å². The first-order valence-electron chi connectivity index (χ1n) is 7.91. The molecule has 3 aromatic rings. The molecule has 0 unspecified atom stereocenters. The predicted octanol–water partition coefficient (Wildman–Crippen LogP) is 4.26. The van der Waals surface area contributed by atoms with Gasteiger partial charge < -0.3 is 19.2 Å². The fourth-order valence-corrected chi connectivity index (χ4v) is 2.36. The minimum atomic E-state index is -0.377. The molecule has 0 bridgehead atoms. The Morgan fingerprint density at radius 2 is 1.84 bits per heavy atom. The van der Waals surface area contributed by atoms with Crippen LogP contribution in [-0.4, -0.2) is 13.1 Å². The van der Waals surface area contributed by atoms with Gasteiger partial charge in [-0.25, -0.2) is 4.79 Å². The SMILES string of the molecule is COc1ccc(COC(=O)c2ccccc2NCc2ccco2)cc1. The molecule has 0 aliphatic heterocycles. The van der Waals surface area contributed by atoms with Gasteiger partial charge in [-0.15, -0.1) is 0 Å². The number of nitrogens with one attached hydrogen (secondary N) is 1. The number of hydrogen-bond acceptors (Lipinski definition) is 5. The van der Waals surface area contributed by atoms with Crippen LogP contribution in [0.15, 0.2) is 71.3 Å². The lowest BCUT2D eigenvalue weighted by Gasteiger charge is -2.11. The number of esters is 1. The Morgan fingerprint density at radius 1 is 1.04 bits per heavy atom. The number of rotatable bonds is 7. The summed E-state index contributed by atoms with van der Waals surface area (Å²) in [4.78, 5) is 12.4. The van der Waals surface area contributed by atoms with E-state index in [0.29, 0.717) is 17.8 Å². The maximum atomic E-state index is 12.4. The van der Waals surface area contributed by atoms with Gasteiger partial charge in [0.25, 0.3) is 0 Å². The van der Waals surface area contributed by atoms with E-state index >= 15 is 0 Å². The molecule has 0 saturated carbocycles. The molecule has 0 spiro atoms. The van der Waals surface area contributed by atoms with Crippen molar-refractivity contribution in [3.63, 3.8) is 0 Å². The predicted molar refractivity (Wildman–Crippen MR) is 94.6 cm³/mol. The first-order valence-corrected chi connectivity index (χ1v) is 7.91. The summed E-state index contributed by atoms with van der Waals surface area (Å²) in [5, 5.41) is 3.20. The topological polar surface area (TPSA) is 60.7 Å². The Balaban J connectivity index is 1.62. The van der Waals surface area contributed by atoms with Crippen molar-refractivity contribution in [3.05, 3.63) is 83.8 Å². The number of anilines is 1. The molecule has 25 heavy (non-hydrogen) atoms. The van der Waals surface area contributed by atoms with Gasteiger partial charge in [-0.2, -0.15) is 0 Å². The lowest BCUT2D eigenvalue weighted by atomic mass is 10.1. The Hall–Kier alpha value is -3.21. The van der Waals surface area contributed by atoms with E-state index in [0.717, 1.165) is 17.1 Å². The van der Waals surface area contributed by atoms with E-state index in [-0.39, 0.29) is 12.6 Å². The minimum absolute atomic E-state index is 0.204. The van der Waals surface area contributed by atoms with Crippen molar-refractivity contribution in [1.82, 2.24) is 0 Å². The summed E-state index contributed by atoms with van der Waals surface area (Å²) in [6.45, 7) is 0.700. The average Bonchev–Trinajstić information content (AvgIpc) is 3.18. The third-order valence-electron chi connectivity index (χ3n) is 3.71. The van der Waals surface area contributed by atoms with Crippen LogP contribution < -0.4 is 10.1 Å². The number of furan rings is 1. The molecular weight excluding hydrogens is 318 g/mol. The molecule has 0 atom stereocenters. The minimum Gasteiger partial charge on any atom is -0.497 e. The van der Waals surface area contributed by atoms with E-state index < -0.39 is 0 Å². The standard InChI is InChI=1S/C20H19NO4/c1-23-16-10-8-15(9-11-16)14-25-20(22)18-6-2-3-7-19(18)21-13-17-5-4-12-24-17/h2-12,21H,13-14H2,1H3. The summed E-state index contributed by atoms with van der Waals surface area (Å²) in [5.74, 6) is 1.18. The lowest BCUT2D eigenvalue weighted by Crippen LogP contribution is -2.09. The fraction of sp³-hybridized carbons (Fsp3) is 0.150. The van der Waals surface area contributed by atoms with Crippen LogP contribution in [0.4, 0.5) is 5.69 Å².